The number of rotatable bonds is 2. The smallest absolute Gasteiger partial charge is 0.258 e. The van der Waals surface area contributed by atoms with E-state index in [1.807, 2.05) is 13.8 Å². The van der Waals surface area contributed by atoms with E-state index in [0.29, 0.717) is 5.56 Å². The quantitative estimate of drug-likeness (QED) is 0.459. The molecule has 5 heteroatoms. The maximum absolute atomic E-state index is 10.5. The molecule has 0 aliphatic heterocycles. The molecule has 0 radical (unpaired) electrons. The number of hydrogen-bond donors (Lipinski definition) is 0. The van der Waals surface area contributed by atoms with Gasteiger partial charge in [-0.25, -0.2) is 0 Å². The number of alkyl halides is 2. The van der Waals surface area contributed by atoms with Gasteiger partial charge in [0.2, 0.25) is 0 Å². The van der Waals surface area contributed by atoms with Crippen molar-refractivity contribution in [2.75, 3.05) is 0 Å². The van der Waals surface area contributed by atoms with E-state index in [9.17, 15) is 10.1 Å². The van der Waals surface area contributed by atoms with E-state index >= 15 is 0 Å². The molecule has 0 fully saturated rings. The summed E-state index contributed by atoms with van der Waals surface area (Å²) < 4.78 is -0.174. The monoisotopic (exact) mass is 323 g/mol. The summed E-state index contributed by atoms with van der Waals surface area (Å²) in [4.78, 5) is 10.1. The standard InChI is InChI=1S/C7H5Br2NO2.C2H6/c8-7(9)5-3-1-2-4-6(5)10(11)12;1-2/h1-4,7H;1-2H3. The fourth-order valence-corrected chi connectivity index (χ4v) is 1.61. The first-order chi connectivity index (χ1) is 6.63. The Morgan fingerprint density at radius 3 is 2.14 bits per heavy atom. The molecule has 0 saturated heterocycles. The molecule has 0 unspecified atom stereocenters. The Balaban J connectivity index is 0.000000791. The van der Waals surface area contributed by atoms with Crippen molar-refractivity contribution in [3.63, 3.8) is 0 Å². The zero-order valence-electron chi connectivity index (χ0n) is 7.91. The second-order valence-corrected chi connectivity index (χ2v) is 5.18. The Labute approximate surface area is 99.9 Å². The average Bonchev–Trinajstić information content (AvgIpc) is 2.20. The first kappa shape index (κ1) is 13.6. The number of para-hydroxylation sites is 1. The van der Waals surface area contributed by atoms with Crippen LogP contribution in [0.3, 0.4) is 0 Å². The molecule has 78 valence electrons. The highest BCUT2D eigenvalue weighted by atomic mass is 79.9. The summed E-state index contributed by atoms with van der Waals surface area (Å²) >= 11 is 6.43. The van der Waals surface area contributed by atoms with E-state index in [0.717, 1.165) is 0 Å². The van der Waals surface area contributed by atoms with E-state index in [1.54, 1.807) is 18.2 Å². The summed E-state index contributed by atoms with van der Waals surface area (Å²) in [7, 11) is 0. The highest BCUT2D eigenvalue weighted by molar-refractivity contribution is 9.24. The summed E-state index contributed by atoms with van der Waals surface area (Å²) in [6, 6.07) is 6.58. The Kier molecular flexibility index (Phi) is 6.74. The molecule has 0 N–H and O–H groups in total. The normalized spacial score (nSPS) is 9.21. The van der Waals surface area contributed by atoms with Gasteiger partial charge in [0.05, 0.1) is 10.5 Å². The van der Waals surface area contributed by atoms with Gasteiger partial charge in [-0.2, -0.15) is 0 Å². The minimum Gasteiger partial charge on any atom is -0.258 e. The lowest BCUT2D eigenvalue weighted by Crippen LogP contribution is -1.93. The molecule has 0 aliphatic rings. The van der Waals surface area contributed by atoms with Crippen LogP contribution < -0.4 is 0 Å². The van der Waals surface area contributed by atoms with Gasteiger partial charge in [0, 0.05) is 6.07 Å². The van der Waals surface area contributed by atoms with Gasteiger partial charge in [0.15, 0.2) is 0 Å². The lowest BCUT2D eigenvalue weighted by molar-refractivity contribution is -0.385. The third-order valence-corrected chi connectivity index (χ3v) is 2.36. The second-order valence-electron chi connectivity index (χ2n) is 2.12. The van der Waals surface area contributed by atoms with E-state index in [2.05, 4.69) is 31.9 Å². The summed E-state index contributed by atoms with van der Waals surface area (Å²) in [6.45, 7) is 4.00. The van der Waals surface area contributed by atoms with Crippen LogP contribution in [0.2, 0.25) is 0 Å². The van der Waals surface area contributed by atoms with Crippen LogP contribution in [0.1, 0.15) is 23.1 Å². The molecule has 0 aliphatic carbocycles. The molecule has 1 aromatic rings. The third-order valence-electron chi connectivity index (χ3n) is 1.37. The highest BCUT2D eigenvalue weighted by Gasteiger charge is 2.16. The molecule has 0 heterocycles. The van der Waals surface area contributed by atoms with Crippen molar-refractivity contribution in [1.82, 2.24) is 0 Å². The SMILES string of the molecule is CC.O=[N+]([O-])c1ccccc1C(Br)Br. The van der Waals surface area contributed by atoms with Crippen molar-refractivity contribution in [2.45, 2.75) is 17.6 Å². The zero-order chi connectivity index (χ0) is 11.1. The second kappa shape index (κ2) is 6.95. The number of nitro groups is 1. The van der Waals surface area contributed by atoms with Crippen molar-refractivity contribution in [1.29, 1.82) is 0 Å². The predicted octanol–water partition coefficient (Wildman–Crippen LogP) is 4.41. The summed E-state index contributed by atoms with van der Waals surface area (Å²) in [5.74, 6) is 0. The Morgan fingerprint density at radius 1 is 1.29 bits per heavy atom. The Morgan fingerprint density at radius 2 is 1.79 bits per heavy atom. The van der Waals surface area contributed by atoms with Crippen LogP contribution in [-0.4, -0.2) is 4.92 Å². The number of halogens is 2. The molecule has 0 spiro atoms. The Hall–Kier alpha value is -0.420. The lowest BCUT2D eigenvalue weighted by atomic mass is 10.2. The molecule has 1 rings (SSSR count). The fourth-order valence-electron chi connectivity index (χ4n) is 0.838. The topological polar surface area (TPSA) is 43.1 Å². The molecule has 0 amide bonds. The first-order valence-corrected chi connectivity index (χ1v) is 5.97. The van der Waals surface area contributed by atoms with Crippen molar-refractivity contribution >= 4 is 37.5 Å². The minimum atomic E-state index is -0.398. The maximum atomic E-state index is 10.5. The van der Waals surface area contributed by atoms with E-state index in [-0.39, 0.29) is 9.42 Å². The van der Waals surface area contributed by atoms with Gasteiger partial charge < -0.3 is 0 Å². The molecule has 0 aromatic heterocycles. The van der Waals surface area contributed by atoms with Crippen molar-refractivity contribution < 1.29 is 4.92 Å². The van der Waals surface area contributed by atoms with Crippen LogP contribution in [0.4, 0.5) is 5.69 Å². The van der Waals surface area contributed by atoms with Crippen LogP contribution >= 0.6 is 31.9 Å². The van der Waals surface area contributed by atoms with Crippen molar-refractivity contribution in [3.05, 3.63) is 39.9 Å². The van der Waals surface area contributed by atoms with Crippen LogP contribution in [0, 0.1) is 10.1 Å². The van der Waals surface area contributed by atoms with E-state index in [1.165, 1.54) is 6.07 Å². The summed E-state index contributed by atoms with van der Waals surface area (Å²) in [5, 5.41) is 10.5. The first-order valence-electron chi connectivity index (χ1n) is 4.14. The minimum absolute atomic E-state index is 0.122. The lowest BCUT2D eigenvalue weighted by Gasteiger charge is -2.01. The van der Waals surface area contributed by atoms with Gasteiger partial charge in [-0.3, -0.25) is 10.1 Å². The number of hydrogen-bond acceptors (Lipinski definition) is 2. The summed E-state index contributed by atoms with van der Waals surface area (Å²) in [6.07, 6.45) is 0. The third kappa shape index (κ3) is 3.75. The molecule has 0 atom stereocenters. The molecular weight excluding hydrogens is 314 g/mol. The van der Waals surface area contributed by atoms with Crippen LogP contribution in [0.25, 0.3) is 0 Å². The maximum Gasteiger partial charge on any atom is 0.274 e. The molecule has 1 aromatic carbocycles. The molecule has 14 heavy (non-hydrogen) atoms. The number of nitro benzene ring substituents is 1. The van der Waals surface area contributed by atoms with E-state index in [4.69, 9.17) is 0 Å². The van der Waals surface area contributed by atoms with Crippen molar-refractivity contribution in [2.24, 2.45) is 0 Å². The van der Waals surface area contributed by atoms with Gasteiger partial charge in [-0.05, 0) is 0 Å². The van der Waals surface area contributed by atoms with Gasteiger partial charge in [0.1, 0.15) is 3.74 Å². The number of nitrogens with zero attached hydrogens (tertiary/aromatic N) is 1. The number of benzene rings is 1. The van der Waals surface area contributed by atoms with Crippen LogP contribution in [0.5, 0.6) is 0 Å². The van der Waals surface area contributed by atoms with Crippen LogP contribution in [-0.2, 0) is 0 Å². The summed E-state index contributed by atoms with van der Waals surface area (Å²) in [5.41, 5.74) is 0.749. The van der Waals surface area contributed by atoms with E-state index < -0.39 is 4.92 Å². The largest absolute Gasteiger partial charge is 0.274 e. The molecule has 0 saturated carbocycles. The molecular formula is C9H11Br2NO2. The van der Waals surface area contributed by atoms with Gasteiger partial charge in [-0.15, -0.1) is 0 Å². The van der Waals surface area contributed by atoms with Gasteiger partial charge in [-0.1, -0.05) is 63.9 Å². The van der Waals surface area contributed by atoms with Gasteiger partial charge >= 0.3 is 0 Å². The zero-order valence-corrected chi connectivity index (χ0v) is 11.1. The van der Waals surface area contributed by atoms with Crippen molar-refractivity contribution in [3.8, 4) is 0 Å². The highest BCUT2D eigenvalue weighted by Crippen LogP contribution is 2.34. The van der Waals surface area contributed by atoms with Crippen LogP contribution in [0.15, 0.2) is 24.3 Å². The predicted molar refractivity (Wildman–Crippen MR) is 65.0 cm³/mol. The molecule has 3 nitrogen and oxygen atoms in total. The average molecular weight is 325 g/mol. The fraction of sp³-hybridized carbons (Fsp3) is 0.333. The molecule has 0 bridgehead atoms. The Bertz CT molecular complexity index is 303. The van der Waals surface area contributed by atoms with Gasteiger partial charge in [0.25, 0.3) is 5.69 Å².